The van der Waals surface area contributed by atoms with Crippen molar-refractivity contribution >= 4 is 23.1 Å². The average molecular weight is 244 g/mol. The summed E-state index contributed by atoms with van der Waals surface area (Å²) in [4.78, 5) is 1.19. The summed E-state index contributed by atoms with van der Waals surface area (Å²) < 4.78 is 0. The number of nitrogen functional groups attached to an aromatic ring is 2. The second-order valence-corrected chi connectivity index (χ2v) is 5.15. The predicted molar refractivity (Wildman–Crippen MR) is 77.1 cm³/mol. The molecule has 2 nitrogen and oxygen atoms in total. The Labute approximate surface area is 106 Å². The minimum atomic E-state index is 0.779. The van der Waals surface area contributed by atoms with Crippen molar-refractivity contribution in [3.05, 3.63) is 42.5 Å². The van der Waals surface area contributed by atoms with Crippen molar-refractivity contribution in [1.29, 1.82) is 0 Å². The quantitative estimate of drug-likeness (QED) is 0.640. The van der Waals surface area contributed by atoms with E-state index < -0.39 is 0 Å². The summed E-state index contributed by atoms with van der Waals surface area (Å²) in [7, 11) is 0. The third-order valence-electron chi connectivity index (χ3n) is 2.51. The Balaban J connectivity index is 2.48. The molecule has 0 saturated heterocycles. The van der Waals surface area contributed by atoms with Gasteiger partial charge in [-0.3, -0.25) is 0 Å². The van der Waals surface area contributed by atoms with Gasteiger partial charge in [0, 0.05) is 21.8 Å². The van der Waals surface area contributed by atoms with Crippen molar-refractivity contribution < 1.29 is 0 Å². The van der Waals surface area contributed by atoms with Crippen LogP contribution in [-0.4, -0.2) is 5.75 Å². The van der Waals surface area contributed by atoms with Crippen LogP contribution in [0.5, 0.6) is 0 Å². The Kier molecular flexibility index (Phi) is 3.59. The van der Waals surface area contributed by atoms with Gasteiger partial charge in [-0.1, -0.05) is 25.1 Å². The number of para-hydroxylation sites is 1. The minimum absolute atomic E-state index is 0.779. The molecule has 0 heterocycles. The van der Waals surface area contributed by atoms with Crippen molar-refractivity contribution in [3.8, 4) is 11.1 Å². The van der Waals surface area contributed by atoms with Gasteiger partial charge in [0.15, 0.2) is 0 Å². The highest BCUT2D eigenvalue weighted by Crippen LogP contribution is 2.31. The van der Waals surface area contributed by atoms with Crippen molar-refractivity contribution in [3.63, 3.8) is 0 Å². The summed E-state index contributed by atoms with van der Waals surface area (Å²) in [5, 5.41) is 0. The maximum Gasteiger partial charge on any atom is 0.0393 e. The molecule has 0 unspecified atom stereocenters. The normalized spacial score (nSPS) is 10.4. The van der Waals surface area contributed by atoms with Gasteiger partial charge in [-0.25, -0.2) is 0 Å². The number of hydrogen-bond acceptors (Lipinski definition) is 3. The predicted octanol–water partition coefficient (Wildman–Crippen LogP) is 3.63. The Morgan fingerprint density at radius 2 is 1.82 bits per heavy atom. The molecule has 0 radical (unpaired) electrons. The maximum atomic E-state index is 5.98. The summed E-state index contributed by atoms with van der Waals surface area (Å²) in [5.74, 6) is 1.03. The Hall–Kier alpha value is -1.61. The van der Waals surface area contributed by atoms with Gasteiger partial charge in [-0.05, 0) is 35.6 Å². The zero-order valence-corrected chi connectivity index (χ0v) is 10.6. The molecule has 0 aliphatic rings. The van der Waals surface area contributed by atoms with E-state index in [4.69, 9.17) is 11.5 Å². The summed E-state index contributed by atoms with van der Waals surface area (Å²) in [6, 6.07) is 13.9. The molecule has 4 N–H and O–H groups in total. The fourth-order valence-electron chi connectivity index (χ4n) is 1.79. The lowest BCUT2D eigenvalue weighted by molar-refractivity contribution is 1.42. The van der Waals surface area contributed by atoms with Crippen LogP contribution in [0.4, 0.5) is 11.4 Å². The standard InChI is InChI=1S/C14H16N2S/c1-2-17-12-8-10(7-11(15)9-12)13-5-3-4-6-14(13)16/h3-9H,2,15-16H2,1H3. The average Bonchev–Trinajstić information content (AvgIpc) is 2.29. The second kappa shape index (κ2) is 5.15. The molecule has 0 atom stereocenters. The molecular formula is C14H16N2S. The van der Waals surface area contributed by atoms with Crippen LogP contribution in [0.2, 0.25) is 0 Å². The highest BCUT2D eigenvalue weighted by Gasteiger charge is 2.04. The lowest BCUT2D eigenvalue weighted by Crippen LogP contribution is -1.92. The molecule has 0 amide bonds. The van der Waals surface area contributed by atoms with Gasteiger partial charge in [0.2, 0.25) is 0 Å². The molecule has 2 aromatic rings. The molecule has 0 bridgehead atoms. The molecule has 0 fully saturated rings. The summed E-state index contributed by atoms with van der Waals surface area (Å²) in [6.07, 6.45) is 0. The zero-order chi connectivity index (χ0) is 12.3. The van der Waals surface area contributed by atoms with Gasteiger partial charge in [-0.2, -0.15) is 0 Å². The molecule has 3 heteroatoms. The second-order valence-electron chi connectivity index (χ2n) is 3.81. The first kappa shape index (κ1) is 11.9. The van der Waals surface area contributed by atoms with Crippen LogP contribution in [0, 0.1) is 0 Å². The lowest BCUT2D eigenvalue weighted by atomic mass is 10.0. The van der Waals surface area contributed by atoms with Crippen LogP contribution < -0.4 is 11.5 Å². The molecule has 0 aliphatic carbocycles. The first-order valence-corrected chi connectivity index (χ1v) is 6.57. The van der Waals surface area contributed by atoms with E-state index in [1.807, 2.05) is 36.4 Å². The van der Waals surface area contributed by atoms with E-state index in [2.05, 4.69) is 13.0 Å². The van der Waals surface area contributed by atoms with Crippen LogP contribution >= 0.6 is 11.8 Å². The molecule has 0 aliphatic heterocycles. The Bertz CT molecular complexity index is 523. The first-order chi connectivity index (χ1) is 8.20. The van der Waals surface area contributed by atoms with Crippen LogP contribution in [0.15, 0.2) is 47.4 Å². The molecule has 2 aromatic carbocycles. The number of anilines is 2. The number of nitrogens with two attached hydrogens (primary N) is 2. The molecule has 0 aromatic heterocycles. The first-order valence-electron chi connectivity index (χ1n) is 5.59. The smallest absolute Gasteiger partial charge is 0.0393 e. The van der Waals surface area contributed by atoms with Crippen molar-refractivity contribution in [2.75, 3.05) is 17.2 Å². The van der Waals surface area contributed by atoms with Gasteiger partial charge >= 0.3 is 0 Å². The van der Waals surface area contributed by atoms with Crippen molar-refractivity contribution in [2.24, 2.45) is 0 Å². The van der Waals surface area contributed by atoms with Crippen LogP contribution in [-0.2, 0) is 0 Å². The fraction of sp³-hybridized carbons (Fsp3) is 0.143. The number of rotatable bonds is 3. The monoisotopic (exact) mass is 244 g/mol. The van der Waals surface area contributed by atoms with Gasteiger partial charge in [0.1, 0.15) is 0 Å². The molecule has 17 heavy (non-hydrogen) atoms. The van der Waals surface area contributed by atoms with E-state index >= 15 is 0 Å². The highest BCUT2D eigenvalue weighted by molar-refractivity contribution is 7.99. The third-order valence-corrected chi connectivity index (χ3v) is 3.37. The Morgan fingerprint density at radius 3 is 2.53 bits per heavy atom. The Morgan fingerprint density at radius 1 is 1.06 bits per heavy atom. The topological polar surface area (TPSA) is 52.0 Å². The maximum absolute atomic E-state index is 5.98. The molecule has 0 saturated carbocycles. The third kappa shape index (κ3) is 2.74. The van der Waals surface area contributed by atoms with E-state index in [1.165, 1.54) is 4.90 Å². The van der Waals surface area contributed by atoms with E-state index in [0.29, 0.717) is 0 Å². The zero-order valence-electron chi connectivity index (χ0n) is 9.81. The van der Waals surface area contributed by atoms with E-state index in [0.717, 1.165) is 28.3 Å². The summed E-state index contributed by atoms with van der Waals surface area (Å²) >= 11 is 1.78. The summed E-state index contributed by atoms with van der Waals surface area (Å²) in [6.45, 7) is 2.13. The largest absolute Gasteiger partial charge is 0.399 e. The molecule has 88 valence electrons. The minimum Gasteiger partial charge on any atom is -0.399 e. The van der Waals surface area contributed by atoms with Gasteiger partial charge in [0.05, 0.1) is 0 Å². The van der Waals surface area contributed by atoms with Crippen molar-refractivity contribution in [2.45, 2.75) is 11.8 Å². The van der Waals surface area contributed by atoms with E-state index in [9.17, 15) is 0 Å². The molecule has 2 rings (SSSR count). The van der Waals surface area contributed by atoms with E-state index in [1.54, 1.807) is 11.8 Å². The fourth-order valence-corrected chi connectivity index (χ4v) is 2.55. The SMILES string of the molecule is CCSc1cc(N)cc(-c2ccccc2N)c1. The van der Waals surface area contributed by atoms with Crippen molar-refractivity contribution in [1.82, 2.24) is 0 Å². The van der Waals surface area contributed by atoms with Crippen LogP contribution in [0.3, 0.4) is 0 Å². The number of hydrogen-bond donors (Lipinski definition) is 2. The van der Waals surface area contributed by atoms with Gasteiger partial charge < -0.3 is 11.5 Å². The van der Waals surface area contributed by atoms with E-state index in [-0.39, 0.29) is 0 Å². The highest BCUT2D eigenvalue weighted by atomic mass is 32.2. The summed E-state index contributed by atoms with van der Waals surface area (Å²) in [5.41, 5.74) is 15.6. The molecular weight excluding hydrogens is 228 g/mol. The van der Waals surface area contributed by atoms with Gasteiger partial charge in [0.25, 0.3) is 0 Å². The van der Waals surface area contributed by atoms with Crippen LogP contribution in [0.1, 0.15) is 6.92 Å². The number of benzene rings is 2. The van der Waals surface area contributed by atoms with Gasteiger partial charge in [-0.15, -0.1) is 11.8 Å². The van der Waals surface area contributed by atoms with Crippen LogP contribution in [0.25, 0.3) is 11.1 Å². The number of thioether (sulfide) groups is 1. The molecule has 0 spiro atoms. The lowest BCUT2D eigenvalue weighted by Gasteiger charge is -2.09.